The Balaban J connectivity index is 2.74. The second kappa shape index (κ2) is 5.92. The number of carbonyl (C=O) groups is 1. The number of rotatable bonds is 5. The summed E-state index contributed by atoms with van der Waals surface area (Å²) in [7, 11) is 0. The minimum atomic E-state index is 0.151. The standard InChI is InChI=1S/C13H17ClO/c1-3-4-5-11-6-7-12(8-10(2)15)13(14)9-11/h6-7,9H,3-5,8H2,1-2H3. The van der Waals surface area contributed by atoms with E-state index in [-0.39, 0.29) is 5.78 Å². The summed E-state index contributed by atoms with van der Waals surface area (Å²) in [6, 6.07) is 6.02. The average molecular weight is 225 g/mol. The Morgan fingerprint density at radius 2 is 2.13 bits per heavy atom. The summed E-state index contributed by atoms with van der Waals surface area (Å²) >= 11 is 6.10. The van der Waals surface area contributed by atoms with Gasteiger partial charge >= 0.3 is 0 Å². The van der Waals surface area contributed by atoms with Crippen LogP contribution in [-0.4, -0.2) is 5.78 Å². The van der Waals surface area contributed by atoms with Gasteiger partial charge in [0.05, 0.1) is 0 Å². The molecule has 0 bridgehead atoms. The Labute approximate surface area is 96.5 Å². The zero-order valence-electron chi connectivity index (χ0n) is 9.35. The van der Waals surface area contributed by atoms with Gasteiger partial charge in [-0.1, -0.05) is 37.1 Å². The third-order valence-electron chi connectivity index (χ3n) is 2.38. The van der Waals surface area contributed by atoms with Gasteiger partial charge in [-0.25, -0.2) is 0 Å². The molecule has 0 aromatic heterocycles. The molecular formula is C13H17ClO. The zero-order chi connectivity index (χ0) is 11.3. The summed E-state index contributed by atoms with van der Waals surface area (Å²) in [6.45, 7) is 3.76. The van der Waals surface area contributed by atoms with Crippen molar-refractivity contribution in [3.8, 4) is 0 Å². The molecule has 0 fully saturated rings. The highest BCUT2D eigenvalue weighted by atomic mass is 35.5. The van der Waals surface area contributed by atoms with Crippen LogP contribution in [-0.2, 0) is 17.6 Å². The Morgan fingerprint density at radius 3 is 2.67 bits per heavy atom. The minimum Gasteiger partial charge on any atom is -0.300 e. The Hall–Kier alpha value is -0.820. The fraction of sp³-hybridized carbons (Fsp3) is 0.462. The second-order valence-electron chi connectivity index (χ2n) is 3.91. The lowest BCUT2D eigenvalue weighted by Crippen LogP contribution is -1.97. The molecule has 0 unspecified atom stereocenters. The number of hydrogen-bond acceptors (Lipinski definition) is 1. The first-order chi connectivity index (χ1) is 7.13. The van der Waals surface area contributed by atoms with Crippen molar-refractivity contribution < 1.29 is 4.79 Å². The Kier molecular flexibility index (Phi) is 4.83. The van der Waals surface area contributed by atoms with Gasteiger partial charge in [0.15, 0.2) is 0 Å². The molecule has 82 valence electrons. The first kappa shape index (κ1) is 12.3. The fourth-order valence-corrected chi connectivity index (χ4v) is 1.81. The van der Waals surface area contributed by atoms with Gasteiger partial charge in [-0.15, -0.1) is 0 Å². The van der Waals surface area contributed by atoms with Crippen LogP contribution in [0.2, 0.25) is 5.02 Å². The monoisotopic (exact) mass is 224 g/mol. The van der Waals surface area contributed by atoms with Gasteiger partial charge in [0.25, 0.3) is 0 Å². The van der Waals surface area contributed by atoms with E-state index < -0.39 is 0 Å². The first-order valence-electron chi connectivity index (χ1n) is 5.40. The normalized spacial score (nSPS) is 10.3. The molecule has 0 saturated carbocycles. The van der Waals surface area contributed by atoms with Gasteiger partial charge in [-0.05, 0) is 37.0 Å². The van der Waals surface area contributed by atoms with E-state index in [2.05, 4.69) is 13.0 Å². The summed E-state index contributed by atoms with van der Waals surface area (Å²) < 4.78 is 0. The maximum Gasteiger partial charge on any atom is 0.134 e. The molecule has 0 aliphatic heterocycles. The van der Waals surface area contributed by atoms with Gasteiger partial charge in [-0.3, -0.25) is 4.79 Å². The van der Waals surface area contributed by atoms with E-state index >= 15 is 0 Å². The number of hydrogen-bond donors (Lipinski definition) is 0. The summed E-state index contributed by atoms with van der Waals surface area (Å²) in [4.78, 5) is 11.0. The quantitative estimate of drug-likeness (QED) is 0.743. The van der Waals surface area contributed by atoms with Crippen LogP contribution in [0.3, 0.4) is 0 Å². The van der Waals surface area contributed by atoms with Crippen LogP contribution < -0.4 is 0 Å². The highest BCUT2D eigenvalue weighted by Crippen LogP contribution is 2.19. The van der Waals surface area contributed by atoms with Crippen molar-refractivity contribution in [1.29, 1.82) is 0 Å². The van der Waals surface area contributed by atoms with Crippen molar-refractivity contribution in [3.05, 3.63) is 34.3 Å². The lowest BCUT2D eigenvalue weighted by atomic mass is 10.0. The summed E-state index contributed by atoms with van der Waals surface area (Å²) in [5, 5.41) is 0.721. The van der Waals surface area contributed by atoms with E-state index in [1.165, 1.54) is 18.4 Å². The molecule has 0 aliphatic carbocycles. The van der Waals surface area contributed by atoms with E-state index in [1.807, 2.05) is 12.1 Å². The zero-order valence-corrected chi connectivity index (χ0v) is 10.1. The largest absolute Gasteiger partial charge is 0.300 e. The van der Waals surface area contributed by atoms with Crippen molar-refractivity contribution in [3.63, 3.8) is 0 Å². The van der Waals surface area contributed by atoms with Crippen LogP contribution >= 0.6 is 11.6 Å². The number of halogens is 1. The maximum atomic E-state index is 11.0. The molecule has 0 atom stereocenters. The van der Waals surface area contributed by atoms with E-state index in [0.717, 1.165) is 17.0 Å². The van der Waals surface area contributed by atoms with Crippen molar-refractivity contribution in [1.82, 2.24) is 0 Å². The van der Waals surface area contributed by atoms with Crippen LogP contribution in [0.5, 0.6) is 0 Å². The number of aryl methyl sites for hydroxylation is 1. The third-order valence-corrected chi connectivity index (χ3v) is 2.73. The van der Waals surface area contributed by atoms with Gasteiger partial charge in [0.2, 0.25) is 0 Å². The highest BCUT2D eigenvalue weighted by molar-refractivity contribution is 6.31. The fourth-order valence-electron chi connectivity index (χ4n) is 1.54. The highest BCUT2D eigenvalue weighted by Gasteiger charge is 2.04. The molecule has 0 amide bonds. The smallest absolute Gasteiger partial charge is 0.134 e. The van der Waals surface area contributed by atoms with E-state index in [4.69, 9.17) is 11.6 Å². The summed E-state index contributed by atoms with van der Waals surface area (Å²) in [5.41, 5.74) is 2.19. The predicted molar refractivity (Wildman–Crippen MR) is 64.4 cm³/mol. The number of carbonyl (C=O) groups excluding carboxylic acids is 1. The van der Waals surface area contributed by atoms with Gasteiger partial charge in [0, 0.05) is 11.4 Å². The van der Waals surface area contributed by atoms with Crippen LogP contribution in [0.15, 0.2) is 18.2 Å². The number of benzene rings is 1. The molecular weight excluding hydrogens is 208 g/mol. The molecule has 1 rings (SSSR count). The topological polar surface area (TPSA) is 17.1 Å². The predicted octanol–water partition coefficient (Wildman–Crippen LogP) is 3.81. The van der Waals surface area contributed by atoms with Crippen molar-refractivity contribution in [2.24, 2.45) is 0 Å². The van der Waals surface area contributed by atoms with E-state index in [1.54, 1.807) is 6.92 Å². The van der Waals surface area contributed by atoms with Crippen LogP contribution in [0.25, 0.3) is 0 Å². The summed E-state index contributed by atoms with van der Waals surface area (Å²) in [6.07, 6.45) is 3.87. The average Bonchev–Trinajstić information content (AvgIpc) is 2.18. The maximum absolute atomic E-state index is 11.0. The van der Waals surface area contributed by atoms with E-state index in [0.29, 0.717) is 6.42 Å². The van der Waals surface area contributed by atoms with Crippen LogP contribution in [0.1, 0.15) is 37.8 Å². The molecule has 0 N–H and O–H groups in total. The lowest BCUT2D eigenvalue weighted by molar-refractivity contribution is -0.116. The summed E-state index contributed by atoms with van der Waals surface area (Å²) in [5.74, 6) is 0.151. The lowest BCUT2D eigenvalue weighted by Gasteiger charge is -2.05. The van der Waals surface area contributed by atoms with Gasteiger partial charge in [0.1, 0.15) is 5.78 Å². The van der Waals surface area contributed by atoms with Crippen LogP contribution in [0, 0.1) is 0 Å². The number of Topliss-reactive ketones (excluding diaryl/α,β-unsaturated/α-hetero) is 1. The molecule has 1 aromatic carbocycles. The molecule has 0 heterocycles. The van der Waals surface area contributed by atoms with Gasteiger partial charge in [-0.2, -0.15) is 0 Å². The van der Waals surface area contributed by atoms with Crippen LogP contribution in [0.4, 0.5) is 0 Å². The molecule has 0 radical (unpaired) electrons. The number of unbranched alkanes of at least 4 members (excludes halogenated alkanes) is 1. The van der Waals surface area contributed by atoms with Gasteiger partial charge < -0.3 is 0 Å². The molecule has 1 nitrogen and oxygen atoms in total. The van der Waals surface area contributed by atoms with Crippen molar-refractivity contribution in [2.75, 3.05) is 0 Å². The first-order valence-corrected chi connectivity index (χ1v) is 5.78. The SMILES string of the molecule is CCCCc1ccc(CC(C)=O)c(Cl)c1. The third kappa shape index (κ3) is 4.05. The molecule has 0 saturated heterocycles. The molecule has 0 spiro atoms. The molecule has 15 heavy (non-hydrogen) atoms. The molecule has 0 aliphatic rings. The van der Waals surface area contributed by atoms with E-state index in [9.17, 15) is 4.79 Å². The van der Waals surface area contributed by atoms with Crippen molar-refractivity contribution >= 4 is 17.4 Å². The molecule has 1 aromatic rings. The Morgan fingerprint density at radius 1 is 1.40 bits per heavy atom. The number of ketones is 1. The molecule has 2 heteroatoms. The van der Waals surface area contributed by atoms with Crippen molar-refractivity contribution in [2.45, 2.75) is 39.5 Å². The minimum absolute atomic E-state index is 0.151. The Bertz CT molecular complexity index is 344. The second-order valence-corrected chi connectivity index (χ2v) is 4.32.